The zero-order chi connectivity index (χ0) is 20.1. The Bertz CT molecular complexity index is 808. The van der Waals surface area contributed by atoms with E-state index in [-0.39, 0.29) is 18.0 Å². The fourth-order valence-electron chi connectivity index (χ4n) is 2.03. The first-order valence-corrected chi connectivity index (χ1v) is 9.09. The van der Waals surface area contributed by atoms with Crippen LogP contribution in [-0.2, 0) is 19.6 Å². The van der Waals surface area contributed by atoms with E-state index >= 15 is 0 Å². The van der Waals surface area contributed by atoms with Gasteiger partial charge in [-0.3, -0.25) is 10.1 Å². The molecule has 9 nitrogen and oxygen atoms in total. The van der Waals surface area contributed by atoms with E-state index < -0.39 is 45.4 Å². The Morgan fingerprint density at radius 2 is 1.85 bits per heavy atom. The molecule has 0 bridgehead atoms. The van der Waals surface area contributed by atoms with E-state index in [1.165, 1.54) is 0 Å². The third-order valence-corrected chi connectivity index (χ3v) is 5.45. The van der Waals surface area contributed by atoms with Gasteiger partial charge >= 0.3 is 12.0 Å². The number of hydrogen-bond acceptors (Lipinski definition) is 6. The summed E-state index contributed by atoms with van der Waals surface area (Å²) in [5.74, 6) is -3.28. The minimum absolute atomic E-state index is 0.195. The largest absolute Gasteiger partial charge is 0.449 e. The Morgan fingerprint density at radius 1 is 1.27 bits per heavy atom. The number of halogens is 1. The molecule has 3 amide bonds. The Morgan fingerprint density at radius 3 is 2.35 bits per heavy atom. The molecule has 1 aromatic carbocycles. The Hall–Kier alpha value is -2.53. The second kappa shape index (κ2) is 8.72. The molecule has 0 aliphatic rings. The lowest BCUT2D eigenvalue weighted by atomic mass is 10.2. The van der Waals surface area contributed by atoms with Crippen molar-refractivity contribution in [3.63, 3.8) is 0 Å². The number of primary amides is 1. The highest BCUT2D eigenvalue weighted by Gasteiger charge is 2.26. The first-order valence-electron chi connectivity index (χ1n) is 7.65. The maximum atomic E-state index is 14.0. The molecule has 11 heteroatoms. The van der Waals surface area contributed by atoms with Crippen LogP contribution in [0.2, 0.25) is 0 Å². The molecule has 0 aliphatic heterocycles. The van der Waals surface area contributed by atoms with Gasteiger partial charge in [0.15, 0.2) is 6.10 Å². The van der Waals surface area contributed by atoms with Crippen molar-refractivity contribution in [2.45, 2.75) is 31.8 Å². The van der Waals surface area contributed by atoms with Gasteiger partial charge in [-0.2, -0.15) is 4.31 Å². The van der Waals surface area contributed by atoms with E-state index in [4.69, 9.17) is 10.5 Å². The fraction of sp³-hybridized carbons (Fsp3) is 0.400. The number of hydrogen-bond donors (Lipinski definition) is 2. The van der Waals surface area contributed by atoms with Gasteiger partial charge in [0.25, 0.3) is 5.91 Å². The normalized spacial score (nSPS) is 12.5. The average Bonchev–Trinajstić information content (AvgIpc) is 2.55. The van der Waals surface area contributed by atoms with Gasteiger partial charge in [-0.1, -0.05) is 13.8 Å². The quantitative estimate of drug-likeness (QED) is 0.655. The number of rotatable bonds is 7. The molecule has 0 saturated heterocycles. The molecule has 0 aliphatic carbocycles. The highest BCUT2D eigenvalue weighted by atomic mass is 32.2. The number of ether oxygens (including phenoxy) is 1. The van der Waals surface area contributed by atoms with Crippen LogP contribution in [0.4, 0.5) is 9.18 Å². The number of urea groups is 1. The third kappa shape index (κ3) is 4.99. The number of nitrogens with two attached hydrogens (primary N) is 1. The molecular formula is C15H20FN3O6S. The summed E-state index contributed by atoms with van der Waals surface area (Å²) in [7, 11) is -3.92. The number of benzene rings is 1. The number of carbonyl (C=O) groups excluding carboxylic acids is 3. The standard InChI is InChI=1S/C15H20FN3O6S/c1-4-19(5-2)26(23,24)10-6-7-12(16)11(8-10)14(21)25-9(3)13(20)18-15(17)22/h6-9H,4-5H2,1-3H3,(H3,17,18,20,22). The summed E-state index contributed by atoms with van der Waals surface area (Å²) < 4.78 is 44.8. The van der Waals surface area contributed by atoms with Gasteiger partial charge in [0, 0.05) is 13.1 Å². The Labute approximate surface area is 150 Å². The van der Waals surface area contributed by atoms with Gasteiger partial charge in [0.2, 0.25) is 10.0 Å². The Balaban J connectivity index is 3.12. The van der Waals surface area contributed by atoms with E-state index in [2.05, 4.69) is 0 Å². The molecule has 0 radical (unpaired) electrons. The minimum Gasteiger partial charge on any atom is -0.449 e. The van der Waals surface area contributed by atoms with Crippen molar-refractivity contribution in [1.29, 1.82) is 0 Å². The van der Waals surface area contributed by atoms with Crippen LogP contribution in [0.1, 0.15) is 31.1 Å². The second-order valence-electron chi connectivity index (χ2n) is 5.13. The van der Waals surface area contributed by atoms with Crippen LogP contribution in [0.3, 0.4) is 0 Å². The first-order chi connectivity index (χ1) is 12.0. The molecular weight excluding hydrogens is 369 g/mol. The fourth-order valence-corrected chi connectivity index (χ4v) is 3.52. The SMILES string of the molecule is CCN(CC)S(=O)(=O)c1ccc(F)c(C(=O)OC(C)C(=O)NC(N)=O)c1. The van der Waals surface area contributed by atoms with Crippen LogP contribution in [0.15, 0.2) is 23.1 Å². The number of esters is 1. The molecule has 0 aromatic heterocycles. The van der Waals surface area contributed by atoms with E-state index in [1.54, 1.807) is 19.2 Å². The van der Waals surface area contributed by atoms with Crippen LogP contribution < -0.4 is 11.1 Å². The molecule has 26 heavy (non-hydrogen) atoms. The van der Waals surface area contributed by atoms with Crippen LogP contribution >= 0.6 is 0 Å². The van der Waals surface area contributed by atoms with E-state index in [0.29, 0.717) is 0 Å². The average molecular weight is 389 g/mol. The predicted octanol–water partition coefficient (Wildman–Crippen LogP) is 0.596. The first kappa shape index (κ1) is 21.5. The number of carbonyl (C=O) groups is 3. The maximum Gasteiger partial charge on any atom is 0.341 e. The van der Waals surface area contributed by atoms with Crippen molar-refractivity contribution in [2.75, 3.05) is 13.1 Å². The van der Waals surface area contributed by atoms with Crippen LogP contribution in [0.5, 0.6) is 0 Å². The van der Waals surface area contributed by atoms with Gasteiger partial charge in [0.05, 0.1) is 10.5 Å². The molecule has 1 unspecified atom stereocenters. The van der Waals surface area contributed by atoms with Crippen molar-refractivity contribution in [3.05, 3.63) is 29.6 Å². The highest BCUT2D eigenvalue weighted by Crippen LogP contribution is 2.20. The number of nitrogens with one attached hydrogen (secondary N) is 1. The smallest absolute Gasteiger partial charge is 0.341 e. The zero-order valence-electron chi connectivity index (χ0n) is 14.5. The van der Waals surface area contributed by atoms with Gasteiger partial charge < -0.3 is 10.5 Å². The Kier molecular flexibility index (Phi) is 7.21. The molecule has 0 fully saturated rings. The topological polar surface area (TPSA) is 136 Å². The summed E-state index contributed by atoms with van der Waals surface area (Å²) in [6, 6.07) is 1.55. The monoisotopic (exact) mass is 389 g/mol. The van der Waals surface area contributed by atoms with Crippen molar-refractivity contribution < 1.29 is 31.9 Å². The summed E-state index contributed by atoms with van der Waals surface area (Å²) in [5, 5.41) is 1.71. The molecule has 1 rings (SSSR count). The van der Waals surface area contributed by atoms with E-state index in [1.807, 2.05) is 0 Å². The summed E-state index contributed by atoms with van der Waals surface area (Å²) in [6.07, 6.45) is -1.45. The lowest BCUT2D eigenvalue weighted by Crippen LogP contribution is -2.42. The van der Waals surface area contributed by atoms with Gasteiger partial charge in [0.1, 0.15) is 5.82 Å². The summed E-state index contributed by atoms with van der Waals surface area (Å²) in [4.78, 5) is 33.9. The van der Waals surface area contributed by atoms with Gasteiger partial charge in [-0.05, 0) is 25.1 Å². The molecule has 0 heterocycles. The summed E-state index contributed by atoms with van der Waals surface area (Å²) in [5.41, 5.74) is 4.12. The molecule has 1 aromatic rings. The van der Waals surface area contributed by atoms with E-state index in [9.17, 15) is 27.2 Å². The summed E-state index contributed by atoms with van der Waals surface area (Å²) in [6.45, 7) is 4.81. The second-order valence-corrected chi connectivity index (χ2v) is 7.07. The minimum atomic E-state index is -3.92. The number of imide groups is 1. The van der Waals surface area contributed by atoms with Gasteiger partial charge in [-0.25, -0.2) is 22.4 Å². The lowest BCUT2D eigenvalue weighted by molar-refractivity contribution is -0.127. The van der Waals surface area contributed by atoms with Crippen LogP contribution in [0.25, 0.3) is 0 Å². The van der Waals surface area contributed by atoms with Crippen LogP contribution in [-0.4, -0.2) is 49.8 Å². The lowest BCUT2D eigenvalue weighted by Gasteiger charge is -2.19. The number of nitrogens with zero attached hydrogens (tertiary/aromatic N) is 1. The number of sulfonamides is 1. The summed E-state index contributed by atoms with van der Waals surface area (Å²) >= 11 is 0. The van der Waals surface area contributed by atoms with Crippen molar-refractivity contribution >= 4 is 27.9 Å². The van der Waals surface area contributed by atoms with Crippen molar-refractivity contribution in [2.24, 2.45) is 5.73 Å². The van der Waals surface area contributed by atoms with Gasteiger partial charge in [-0.15, -0.1) is 0 Å². The van der Waals surface area contributed by atoms with E-state index in [0.717, 1.165) is 29.4 Å². The third-order valence-electron chi connectivity index (χ3n) is 3.40. The number of amides is 3. The molecule has 0 spiro atoms. The van der Waals surface area contributed by atoms with Crippen molar-refractivity contribution in [1.82, 2.24) is 9.62 Å². The highest BCUT2D eigenvalue weighted by molar-refractivity contribution is 7.89. The van der Waals surface area contributed by atoms with Crippen molar-refractivity contribution in [3.8, 4) is 0 Å². The molecule has 144 valence electrons. The molecule has 0 saturated carbocycles. The molecule has 3 N–H and O–H groups in total. The maximum absolute atomic E-state index is 14.0. The zero-order valence-corrected chi connectivity index (χ0v) is 15.3. The van der Waals surface area contributed by atoms with Crippen LogP contribution in [0, 0.1) is 5.82 Å². The predicted molar refractivity (Wildman–Crippen MR) is 89.1 cm³/mol. The molecule has 1 atom stereocenters.